The number of benzene rings is 2. The van der Waals surface area contributed by atoms with Gasteiger partial charge < -0.3 is 24.3 Å². The fraction of sp³-hybridized carbons (Fsp3) is 0.280. The molecule has 2 heterocycles. The standard InChI is InChI=1S/C25H25NO6/c1-29-20-9-5-6-18(12-20)13-24(26-19-7-3-2-4-8-19)25-11-10-23(32-25)21(14-30-16-27)22(25)15-31-17-28/h2-12,16-17,23-24,26H,13-15H2,1H3. The molecule has 0 saturated heterocycles. The number of rotatable bonds is 12. The lowest BCUT2D eigenvalue weighted by atomic mass is 9.79. The van der Waals surface area contributed by atoms with E-state index < -0.39 is 5.60 Å². The van der Waals surface area contributed by atoms with Crippen LogP contribution >= 0.6 is 0 Å². The molecule has 2 aromatic carbocycles. The molecule has 0 amide bonds. The number of methoxy groups -OCH3 is 1. The van der Waals surface area contributed by atoms with Crippen LogP contribution in [0.3, 0.4) is 0 Å². The Balaban J connectivity index is 1.73. The first kappa shape index (κ1) is 21.6. The van der Waals surface area contributed by atoms with Gasteiger partial charge in [0.05, 0.1) is 13.2 Å². The summed E-state index contributed by atoms with van der Waals surface area (Å²) in [6, 6.07) is 17.5. The maximum Gasteiger partial charge on any atom is 0.293 e. The zero-order valence-corrected chi connectivity index (χ0v) is 17.7. The summed E-state index contributed by atoms with van der Waals surface area (Å²) in [5, 5.41) is 3.60. The Labute approximate surface area is 186 Å². The van der Waals surface area contributed by atoms with Crippen molar-refractivity contribution in [1.82, 2.24) is 0 Å². The Bertz CT molecular complexity index is 1020. The molecule has 4 rings (SSSR count). The van der Waals surface area contributed by atoms with Crippen LogP contribution in [-0.2, 0) is 30.2 Å². The highest BCUT2D eigenvalue weighted by Gasteiger charge is 2.53. The predicted octanol–water partition coefficient (Wildman–Crippen LogP) is 3.07. The molecule has 166 valence electrons. The van der Waals surface area contributed by atoms with Crippen LogP contribution in [-0.4, -0.2) is 51.0 Å². The summed E-state index contributed by atoms with van der Waals surface area (Å²) in [5.74, 6) is 0.769. The molecule has 3 atom stereocenters. The minimum atomic E-state index is -0.867. The first-order valence-corrected chi connectivity index (χ1v) is 10.3. The number of carbonyl (C=O) groups excluding carboxylic acids is 2. The van der Waals surface area contributed by atoms with E-state index in [1.807, 2.05) is 66.7 Å². The lowest BCUT2D eigenvalue weighted by Crippen LogP contribution is -2.48. The van der Waals surface area contributed by atoms with Crippen LogP contribution < -0.4 is 10.1 Å². The smallest absolute Gasteiger partial charge is 0.293 e. The Hall–Kier alpha value is -3.58. The molecule has 7 nitrogen and oxygen atoms in total. The van der Waals surface area contributed by atoms with Gasteiger partial charge in [-0.15, -0.1) is 0 Å². The summed E-state index contributed by atoms with van der Waals surface area (Å²) in [7, 11) is 1.64. The van der Waals surface area contributed by atoms with E-state index in [2.05, 4.69) is 5.32 Å². The van der Waals surface area contributed by atoms with Crippen LogP contribution in [0.5, 0.6) is 5.75 Å². The van der Waals surface area contributed by atoms with Crippen LogP contribution in [0, 0.1) is 0 Å². The highest BCUT2D eigenvalue weighted by atomic mass is 16.5. The van der Waals surface area contributed by atoms with Crippen molar-refractivity contribution in [1.29, 1.82) is 0 Å². The van der Waals surface area contributed by atoms with Crippen molar-refractivity contribution in [2.45, 2.75) is 24.2 Å². The van der Waals surface area contributed by atoms with E-state index in [9.17, 15) is 9.59 Å². The third kappa shape index (κ3) is 4.24. The Morgan fingerprint density at radius 1 is 1.06 bits per heavy atom. The number of carbonyl (C=O) groups is 2. The van der Waals surface area contributed by atoms with E-state index in [1.165, 1.54) is 0 Å². The predicted molar refractivity (Wildman–Crippen MR) is 118 cm³/mol. The number of anilines is 1. The van der Waals surface area contributed by atoms with Gasteiger partial charge in [-0.1, -0.05) is 36.4 Å². The molecular weight excluding hydrogens is 410 g/mol. The Morgan fingerprint density at radius 3 is 2.59 bits per heavy atom. The van der Waals surface area contributed by atoms with Gasteiger partial charge >= 0.3 is 0 Å². The number of ether oxygens (including phenoxy) is 4. The molecule has 0 fully saturated rings. The average Bonchev–Trinajstić information content (AvgIpc) is 3.40. The Kier molecular flexibility index (Phi) is 6.56. The third-order valence-corrected chi connectivity index (χ3v) is 5.85. The van der Waals surface area contributed by atoms with Gasteiger partial charge in [-0.05, 0) is 42.3 Å². The minimum absolute atomic E-state index is 0.0486. The van der Waals surface area contributed by atoms with Crippen LogP contribution in [0.1, 0.15) is 5.56 Å². The molecule has 3 unspecified atom stereocenters. The molecule has 2 aromatic rings. The average molecular weight is 435 g/mol. The van der Waals surface area contributed by atoms with Crippen LogP contribution in [0.15, 0.2) is 77.9 Å². The summed E-state index contributed by atoms with van der Waals surface area (Å²) >= 11 is 0. The van der Waals surface area contributed by atoms with E-state index in [0.29, 0.717) is 19.4 Å². The highest BCUT2D eigenvalue weighted by molar-refractivity contribution is 5.54. The number of hydrogen-bond acceptors (Lipinski definition) is 7. The van der Waals surface area contributed by atoms with E-state index >= 15 is 0 Å². The topological polar surface area (TPSA) is 83.1 Å². The first-order chi connectivity index (χ1) is 15.7. The van der Waals surface area contributed by atoms with Crippen LogP contribution in [0.4, 0.5) is 5.69 Å². The van der Waals surface area contributed by atoms with Crippen molar-refractivity contribution < 1.29 is 28.5 Å². The van der Waals surface area contributed by atoms with Gasteiger partial charge in [0.2, 0.25) is 0 Å². The van der Waals surface area contributed by atoms with E-state index in [1.54, 1.807) is 7.11 Å². The number of nitrogens with one attached hydrogen (secondary N) is 1. The molecule has 32 heavy (non-hydrogen) atoms. The summed E-state index contributed by atoms with van der Waals surface area (Å²) < 4.78 is 22.1. The number of para-hydroxylation sites is 1. The molecule has 2 aliphatic rings. The molecular formula is C25H25NO6. The molecule has 2 bridgehead atoms. The molecule has 0 radical (unpaired) electrons. The summed E-state index contributed by atoms with van der Waals surface area (Å²) in [5.41, 5.74) is 2.71. The zero-order valence-electron chi connectivity index (χ0n) is 17.7. The maximum absolute atomic E-state index is 11.0. The van der Waals surface area contributed by atoms with Gasteiger partial charge in [0.1, 0.15) is 30.7 Å². The van der Waals surface area contributed by atoms with Crippen molar-refractivity contribution >= 4 is 18.6 Å². The number of fused-ring (bicyclic) bond motifs is 2. The van der Waals surface area contributed by atoms with Gasteiger partial charge in [0.15, 0.2) is 0 Å². The van der Waals surface area contributed by atoms with E-state index in [0.717, 1.165) is 28.1 Å². The summed E-state index contributed by atoms with van der Waals surface area (Å²) in [6.07, 6.45) is 4.23. The van der Waals surface area contributed by atoms with E-state index in [-0.39, 0.29) is 25.4 Å². The fourth-order valence-corrected chi connectivity index (χ4v) is 4.41. The maximum atomic E-state index is 11.0. The normalized spacial score (nSPS) is 21.8. The molecule has 1 N–H and O–H groups in total. The second kappa shape index (κ2) is 9.70. The first-order valence-electron chi connectivity index (χ1n) is 10.3. The monoisotopic (exact) mass is 435 g/mol. The number of hydrogen-bond donors (Lipinski definition) is 1. The lowest BCUT2D eigenvalue weighted by Gasteiger charge is -2.37. The van der Waals surface area contributed by atoms with Crippen LogP contribution in [0.2, 0.25) is 0 Å². The van der Waals surface area contributed by atoms with Crippen molar-refractivity contribution in [2.24, 2.45) is 0 Å². The van der Waals surface area contributed by atoms with Crippen molar-refractivity contribution in [3.8, 4) is 5.75 Å². The lowest BCUT2D eigenvalue weighted by molar-refractivity contribution is -0.129. The molecule has 0 spiro atoms. The van der Waals surface area contributed by atoms with Gasteiger partial charge in [-0.2, -0.15) is 0 Å². The Morgan fingerprint density at radius 2 is 1.84 bits per heavy atom. The third-order valence-electron chi connectivity index (χ3n) is 5.85. The molecule has 0 aliphatic carbocycles. The highest BCUT2D eigenvalue weighted by Crippen LogP contribution is 2.47. The largest absolute Gasteiger partial charge is 0.497 e. The molecule has 7 heteroatoms. The second-order valence-electron chi connectivity index (χ2n) is 7.63. The van der Waals surface area contributed by atoms with Gasteiger partial charge in [-0.25, -0.2) is 0 Å². The fourth-order valence-electron chi connectivity index (χ4n) is 4.41. The van der Waals surface area contributed by atoms with Gasteiger partial charge in [-0.3, -0.25) is 9.59 Å². The minimum Gasteiger partial charge on any atom is -0.497 e. The van der Waals surface area contributed by atoms with E-state index in [4.69, 9.17) is 18.9 Å². The second-order valence-corrected chi connectivity index (χ2v) is 7.63. The molecule has 2 aliphatic heterocycles. The summed E-state index contributed by atoms with van der Waals surface area (Å²) in [6.45, 7) is 0.946. The molecule has 0 saturated carbocycles. The van der Waals surface area contributed by atoms with Crippen molar-refractivity contribution in [2.75, 3.05) is 25.6 Å². The SMILES string of the molecule is COc1cccc(CC(Nc2ccccc2)C23C=CC(O2)C(COC=O)=C3COC=O)c1. The van der Waals surface area contributed by atoms with Gasteiger partial charge in [0, 0.05) is 16.8 Å². The van der Waals surface area contributed by atoms with Gasteiger partial charge in [0.25, 0.3) is 12.9 Å². The van der Waals surface area contributed by atoms with Crippen molar-refractivity contribution in [3.63, 3.8) is 0 Å². The summed E-state index contributed by atoms with van der Waals surface area (Å²) in [4.78, 5) is 21.8. The van der Waals surface area contributed by atoms with Crippen LogP contribution in [0.25, 0.3) is 0 Å². The molecule has 0 aromatic heterocycles. The quantitative estimate of drug-likeness (QED) is 0.405. The zero-order chi connectivity index (χ0) is 22.4. The van der Waals surface area contributed by atoms with Crippen molar-refractivity contribution in [3.05, 3.63) is 83.5 Å².